The average molecular weight is 398 g/mol. The topological polar surface area (TPSA) is 53.7 Å². The lowest BCUT2D eigenvalue weighted by Gasteiger charge is -2.18. The molecule has 2 aromatic heterocycles. The van der Waals surface area contributed by atoms with Gasteiger partial charge < -0.3 is 10.0 Å². The molecule has 0 aliphatic rings. The molecule has 0 atom stereocenters. The van der Waals surface area contributed by atoms with E-state index in [1.807, 2.05) is 42.3 Å². The van der Waals surface area contributed by atoms with Crippen molar-refractivity contribution >= 4 is 11.5 Å². The van der Waals surface area contributed by atoms with Gasteiger partial charge in [-0.1, -0.05) is 42.5 Å². The molecule has 0 spiro atoms. The van der Waals surface area contributed by atoms with E-state index in [1.54, 1.807) is 12.1 Å². The van der Waals surface area contributed by atoms with Gasteiger partial charge in [-0.25, -0.2) is 4.98 Å². The molecule has 4 rings (SSSR count). The zero-order chi connectivity index (χ0) is 20.6. The monoisotopic (exact) mass is 398 g/mol. The first-order valence-corrected chi connectivity index (χ1v) is 8.84. The maximum absolute atomic E-state index is 12.8. The fraction of sp³-hybridized carbons (Fsp3) is 0.143. The van der Waals surface area contributed by atoms with Crippen LogP contribution in [0.2, 0.25) is 0 Å². The number of alkyl halides is 3. The number of hydrogen-bond donors (Lipinski definition) is 1. The molecule has 0 aliphatic heterocycles. The predicted molar refractivity (Wildman–Crippen MR) is 104 cm³/mol. The number of hydrogen-bond acceptors (Lipinski definition) is 4. The Morgan fingerprint density at radius 1 is 0.966 bits per heavy atom. The van der Waals surface area contributed by atoms with Gasteiger partial charge >= 0.3 is 6.18 Å². The molecule has 0 fully saturated rings. The minimum absolute atomic E-state index is 0.175. The summed E-state index contributed by atoms with van der Waals surface area (Å²) in [6.45, 7) is 0.626. The van der Waals surface area contributed by atoms with Crippen LogP contribution in [0.25, 0.3) is 16.9 Å². The Kier molecular flexibility index (Phi) is 4.62. The fourth-order valence-corrected chi connectivity index (χ4v) is 3.06. The van der Waals surface area contributed by atoms with Crippen molar-refractivity contribution in [2.24, 2.45) is 0 Å². The SMILES string of the molecule is CN(Cc1ccccc1)c1ccc2nc(-c3ccc(C(F)(F)F)cc3)c(O)n2n1. The molecular weight excluding hydrogens is 381 g/mol. The largest absolute Gasteiger partial charge is 0.492 e. The molecule has 8 heteroatoms. The van der Waals surface area contributed by atoms with E-state index >= 15 is 0 Å². The Morgan fingerprint density at radius 2 is 1.66 bits per heavy atom. The van der Waals surface area contributed by atoms with Crippen molar-refractivity contribution in [2.75, 3.05) is 11.9 Å². The summed E-state index contributed by atoms with van der Waals surface area (Å²) in [6.07, 6.45) is -4.42. The molecule has 0 radical (unpaired) electrons. The molecule has 148 valence electrons. The van der Waals surface area contributed by atoms with Crippen LogP contribution in [0.1, 0.15) is 11.1 Å². The van der Waals surface area contributed by atoms with Crippen molar-refractivity contribution in [1.29, 1.82) is 0 Å². The highest BCUT2D eigenvalue weighted by atomic mass is 19.4. The third-order valence-electron chi connectivity index (χ3n) is 4.58. The Balaban J connectivity index is 1.66. The second kappa shape index (κ2) is 7.12. The first kappa shape index (κ1) is 18.8. The number of fused-ring (bicyclic) bond motifs is 1. The number of aromatic hydroxyl groups is 1. The lowest BCUT2D eigenvalue weighted by Crippen LogP contribution is -2.18. The number of imidazole rings is 1. The Labute approximate surface area is 164 Å². The summed E-state index contributed by atoms with van der Waals surface area (Å²) in [5.74, 6) is 0.391. The van der Waals surface area contributed by atoms with Crippen molar-refractivity contribution in [3.8, 4) is 17.1 Å². The van der Waals surface area contributed by atoms with Gasteiger partial charge in [-0.3, -0.25) is 0 Å². The van der Waals surface area contributed by atoms with Crippen molar-refractivity contribution in [2.45, 2.75) is 12.7 Å². The molecule has 0 saturated carbocycles. The maximum atomic E-state index is 12.8. The molecule has 2 aromatic carbocycles. The second-order valence-corrected chi connectivity index (χ2v) is 6.66. The van der Waals surface area contributed by atoms with Gasteiger partial charge in [0.15, 0.2) is 5.65 Å². The van der Waals surface area contributed by atoms with E-state index in [2.05, 4.69) is 10.1 Å². The molecule has 0 unspecified atom stereocenters. The van der Waals surface area contributed by atoms with Crippen LogP contribution in [0.15, 0.2) is 66.7 Å². The number of benzene rings is 2. The number of aromatic nitrogens is 3. The molecule has 5 nitrogen and oxygen atoms in total. The average Bonchev–Trinajstić information content (AvgIpc) is 3.04. The van der Waals surface area contributed by atoms with Crippen molar-refractivity contribution in [3.05, 3.63) is 77.9 Å². The van der Waals surface area contributed by atoms with Gasteiger partial charge in [-0.15, -0.1) is 5.10 Å². The minimum Gasteiger partial charge on any atom is -0.492 e. The highest BCUT2D eigenvalue weighted by Gasteiger charge is 2.30. The van der Waals surface area contributed by atoms with Crippen LogP contribution in [0.4, 0.5) is 19.0 Å². The van der Waals surface area contributed by atoms with Gasteiger partial charge in [0.25, 0.3) is 0 Å². The van der Waals surface area contributed by atoms with Crippen LogP contribution >= 0.6 is 0 Å². The van der Waals surface area contributed by atoms with Crippen molar-refractivity contribution < 1.29 is 18.3 Å². The molecule has 1 N–H and O–H groups in total. The van der Waals surface area contributed by atoms with Crippen molar-refractivity contribution in [1.82, 2.24) is 14.6 Å². The van der Waals surface area contributed by atoms with Gasteiger partial charge in [-0.05, 0) is 29.8 Å². The Bertz CT molecular complexity index is 1140. The Morgan fingerprint density at radius 3 is 2.31 bits per heavy atom. The van der Waals surface area contributed by atoms with Crippen LogP contribution in [-0.2, 0) is 12.7 Å². The predicted octanol–water partition coefficient (Wildman–Crippen LogP) is 4.76. The van der Waals surface area contributed by atoms with E-state index in [9.17, 15) is 18.3 Å². The summed E-state index contributed by atoms with van der Waals surface area (Å²) in [4.78, 5) is 6.23. The number of rotatable bonds is 4. The first-order valence-electron chi connectivity index (χ1n) is 8.84. The number of anilines is 1. The molecule has 0 bridgehead atoms. The third kappa shape index (κ3) is 3.73. The van der Waals surface area contributed by atoms with E-state index in [1.165, 1.54) is 16.6 Å². The summed E-state index contributed by atoms with van der Waals surface area (Å²) in [5, 5.41) is 15.0. The standard InChI is InChI=1S/C21H17F3N4O/c1-27(13-14-5-3-2-4-6-14)18-12-11-17-25-19(20(29)28(17)26-18)15-7-9-16(10-8-15)21(22,23)24/h2-12,29H,13H2,1H3. The summed E-state index contributed by atoms with van der Waals surface area (Å²) in [6, 6.07) is 17.9. The van der Waals surface area contributed by atoms with Gasteiger partial charge in [-0.2, -0.15) is 17.7 Å². The first-order chi connectivity index (χ1) is 13.8. The van der Waals surface area contributed by atoms with Crippen LogP contribution < -0.4 is 4.90 Å². The highest BCUT2D eigenvalue weighted by molar-refractivity contribution is 5.69. The van der Waals surface area contributed by atoms with Gasteiger partial charge in [0.2, 0.25) is 5.88 Å². The smallest absolute Gasteiger partial charge is 0.416 e. The van der Waals surface area contributed by atoms with E-state index in [0.717, 1.165) is 17.7 Å². The van der Waals surface area contributed by atoms with Crippen molar-refractivity contribution in [3.63, 3.8) is 0 Å². The third-order valence-corrected chi connectivity index (χ3v) is 4.58. The zero-order valence-corrected chi connectivity index (χ0v) is 15.4. The summed E-state index contributed by atoms with van der Waals surface area (Å²) < 4.78 is 39.6. The fourth-order valence-electron chi connectivity index (χ4n) is 3.06. The second-order valence-electron chi connectivity index (χ2n) is 6.66. The molecule has 0 amide bonds. The molecule has 2 heterocycles. The maximum Gasteiger partial charge on any atom is 0.416 e. The molecule has 0 saturated heterocycles. The number of nitrogens with zero attached hydrogens (tertiary/aromatic N) is 4. The molecule has 4 aromatic rings. The van der Waals surface area contributed by atoms with Gasteiger partial charge in [0, 0.05) is 19.2 Å². The molecule has 29 heavy (non-hydrogen) atoms. The summed E-state index contributed by atoms with van der Waals surface area (Å²) >= 11 is 0. The lowest BCUT2D eigenvalue weighted by molar-refractivity contribution is -0.137. The van der Waals surface area contributed by atoms with Crippen LogP contribution in [0, 0.1) is 0 Å². The van der Waals surface area contributed by atoms with E-state index in [-0.39, 0.29) is 11.6 Å². The normalized spacial score (nSPS) is 11.7. The molecular formula is C21H17F3N4O. The van der Waals surface area contributed by atoms with Gasteiger partial charge in [0.05, 0.1) is 5.56 Å². The minimum atomic E-state index is -4.42. The van der Waals surface area contributed by atoms with E-state index < -0.39 is 11.7 Å². The van der Waals surface area contributed by atoms with Gasteiger partial charge in [0.1, 0.15) is 11.5 Å². The molecule has 0 aliphatic carbocycles. The van der Waals surface area contributed by atoms with Crippen LogP contribution in [-0.4, -0.2) is 26.8 Å². The lowest BCUT2D eigenvalue weighted by atomic mass is 10.1. The quantitative estimate of drug-likeness (QED) is 0.539. The van der Waals surface area contributed by atoms with E-state index in [4.69, 9.17) is 0 Å². The Hall–Kier alpha value is -3.55. The van der Waals surface area contributed by atoms with Crippen LogP contribution in [0.5, 0.6) is 5.88 Å². The van der Waals surface area contributed by atoms with Crippen LogP contribution in [0.3, 0.4) is 0 Å². The zero-order valence-electron chi connectivity index (χ0n) is 15.4. The number of halogens is 3. The highest BCUT2D eigenvalue weighted by Crippen LogP contribution is 2.33. The summed E-state index contributed by atoms with van der Waals surface area (Å²) in [7, 11) is 1.88. The van der Waals surface area contributed by atoms with E-state index in [0.29, 0.717) is 23.6 Å². The summed E-state index contributed by atoms with van der Waals surface area (Å²) in [5.41, 5.74) is 1.30.